The van der Waals surface area contributed by atoms with Gasteiger partial charge in [0.1, 0.15) is 0 Å². The third-order valence-electron chi connectivity index (χ3n) is 5.13. The third-order valence-corrected chi connectivity index (χ3v) is 5.13. The molecule has 4 aromatic carbocycles. The van der Waals surface area contributed by atoms with Crippen LogP contribution in [0.5, 0.6) is 0 Å². The number of fused-ring (bicyclic) bond motifs is 6. The number of para-hydroxylation sites is 2. The van der Waals surface area contributed by atoms with Gasteiger partial charge < -0.3 is 4.40 Å². The van der Waals surface area contributed by atoms with Crippen LogP contribution in [0.1, 0.15) is 0 Å². The van der Waals surface area contributed by atoms with Crippen molar-refractivity contribution in [2.45, 2.75) is 0 Å². The van der Waals surface area contributed by atoms with E-state index in [1.165, 1.54) is 38.1 Å². The van der Waals surface area contributed by atoms with E-state index in [4.69, 9.17) is 0 Å². The van der Waals surface area contributed by atoms with Crippen LogP contribution in [0.25, 0.3) is 49.2 Å². The van der Waals surface area contributed by atoms with Gasteiger partial charge in [0.25, 0.3) is 0 Å². The second-order valence-corrected chi connectivity index (χ2v) is 6.46. The molecule has 6 aromatic rings. The monoisotopic (exact) mass is 404 g/mol. The molecular formula is C24H13NY-2. The van der Waals surface area contributed by atoms with Crippen LogP contribution in [0.15, 0.2) is 78.9 Å². The minimum atomic E-state index is 0. The molecule has 0 atom stereocenters. The SMILES string of the molecule is [Y].[c-]1ccccc1-c1[c-]c2c3cccc4c5ccccc5n(c2cc1)c34. The van der Waals surface area contributed by atoms with Crippen molar-refractivity contribution in [1.82, 2.24) is 4.40 Å². The van der Waals surface area contributed by atoms with Crippen LogP contribution in [0, 0.1) is 12.1 Å². The van der Waals surface area contributed by atoms with Crippen LogP contribution in [0.3, 0.4) is 0 Å². The van der Waals surface area contributed by atoms with Gasteiger partial charge in [-0.25, -0.2) is 5.56 Å². The molecule has 0 fully saturated rings. The van der Waals surface area contributed by atoms with Gasteiger partial charge in [-0.3, -0.25) is 0 Å². The van der Waals surface area contributed by atoms with Crippen LogP contribution >= 0.6 is 0 Å². The fourth-order valence-electron chi connectivity index (χ4n) is 4.07. The first kappa shape index (κ1) is 16.0. The Morgan fingerprint density at radius 2 is 1.42 bits per heavy atom. The first-order valence-corrected chi connectivity index (χ1v) is 8.48. The van der Waals surface area contributed by atoms with Crippen molar-refractivity contribution in [1.29, 1.82) is 0 Å². The topological polar surface area (TPSA) is 4.41 Å². The largest absolute Gasteiger partial charge is 0.348 e. The summed E-state index contributed by atoms with van der Waals surface area (Å²) in [4.78, 5) is 0. The van der Waals surface area contributed by atoms with E-state index < -0.39 is 0 Å². The van der Waals surface area contributed by atoms with Gasteiger partial charge in [0, 0.05) is 54.5 Å². The van der Waals surface area contributed by atoms with Crippen LogP contribution in [-0.4, -0.2) is 4.40 Å². The van der Waals surface area contributed by atoms with Crippen molar-refractivity contribution in [2.75, 3.05) is 0 Å². The molecular weight excluding hydrogens is 391 g/mol. The number of hydrogen-bond donors (Lipinski definition) is 0. The second kappa shape index (κ2) is 5.91. The van der Waals surface area contributed by atoms with Crippen LogP contribution in [0.2, 0.25) is 0 Å². The summed E-state index contributed by atoms with van der Waals surface area (Å²) in [5.41, 5.74) is 5.94. The molecule has 0 aliphatic carbocycles. The number of benzene rings is 4. The second-order valence-electron chi connectivity index (χ2n) is 6.46. The van der Waals surface area contributed by atoms with Crippen molar-refractivity contribution >= 4 is 38.1 Å². The molecule has 1 radical (unpaired) electrons. The maximum Gasteiger partial charge on any atom is 0.0463 e. The number of aromatic nitrogens is 1. The Morgan fingerprint density at radius 1 is 0.615 bits per heavy atom. The molecule has 1 nitrogen and oxygen atoms in total. The summed E-state index contributed by atoms with van der Waals surface area (Å²) >= 11 is 0. The molecule has 0 amide bonds. The fraction of sp³-hybridized carbons (Fsp3) is 0. The maximum atomic E-state index is 3.65. The Hall–Kier alpha value is -2.22. The fourth-order valence-corrected chi connectivity index (χ4v) is 4.07. The first-order valence-electron chi connectivity index (χ1n) is 8.48. The maximum absolute atomic E-state index is 3.65. The molecule has 119 valence electrons. The van der Waals surface area contributed by atoms with E-state index in [9.17, 15) is 0 Å². The van der Waals surface area contributed by atoms with Gasteiger partial charge in [0.05, 0.1) is 0 Å². The van der Waals surface area contributed by atoms with Crippen LogP contribution in [-0.2, 0) is 32.7 Å². The minimum absolute atomic E-state index is 0. The molecule has 0 bridgehead atoms. The van der Waals surface area contributed by atoms with Crippen molar-refractivity contribution < 1.29 is 32.7 Å². The Morgan fingerprint density at radius 3 is 2.31 bits per heavy atom. The Kier molecular flexibility index (Phi) is 3.63. The summed E-state index contributed by atoms with van der Waals surface area (Å²) in [6, 6.07) is 34.6. The molecule has 0 spiro atoms. The van der Waals surface area contributed by atoms with Gasteiger partial charge >= 0.3 is 0 Å². The molecule has 0 saturated carbocycles. The number of nitrogens with zero attached hydrogens (tertiary/aromatic N) is 1. The Balaban J connectivity index is 0.00000150. The van der Waals surface area contributed by atoms with Crippen LogP contribution in [0.4, 0.5) is 0 Å². The quantitative estimate of drug-likeness (QED) is 0.292. The van der Waals surface area contributed by atoms with Gasteiger partial charge in [-0.05, 0) is 11.6 Å². The molecule has 0 unspecified atom stereocenters. The van der Waals surface area contributed by atoms with Crippen molar-refractivity contribution in [2.24, 2.45) is 0 Å². The average molecular weight is 404 g/mol. The van der Waals surface area contributed by atoms with Gasteiger partial charge in [0.2, 0.25) is 0 Å². The minimum Gasteiger partial charge on any atom is -0.348 e. The molecule has 2 heterocycles. The summed E-state index contributed by atoms with van der Waals surface area (Å²) in [5.74, 6) is 0. The van der Waals surface area contributed by atoms with E-state index in [1.807, 2.05) is 18.2 Å². The zero-order valence-electron chi connectivity index (χ0n) is 14.0. The molecule has 6 rings (SSSR count). The molecule has 26 heavy (non-hydrogen) atoms. The zero-order valence-corrected chi connectivity index (χ0v) is 16.9. The molecule has 0 aliphatic rings. The summed E-state index contributed by atoms with van der Waals surface area (Å²) in [6.45, 7) is 0. The standard InChI is InChI=1S/C24H13N.Y/c1-2-7-16(8-3-1)17-13-14-23-21(15-17)20-11-6-10-19-18-9-4-5-12-22(18)25(23)24(19)20;/h1-7,9-14H;/q-2;. The van der Waals surface area contributed by atoms with E-state index in [1.54, 1.807) is 0 Å². The van der Waals surface area contributed by atoms with Crippen molar-refractivity contribution in [3.63, 3.8) is 0 Å². The third kappa shape index (κ3) is 2.05. The Labute approximate surface area is 176 Å². The first-order chi connectivity index (χ1) is 12.4. The predicted octanol–water partition coefficient (Wildman–Crippen LogP) is 6.10. The van der Waals surface area contributed by atoms with E-state index in [0.717, 1.165) is 11.1 Å². The van der Waals surface area contributed by atoms with E-state index in [0.29, 0.717) is 0 Å². The van der Waals surface area contributed by atoms with Crippen molar-refractivity contribution in [3.05, 3.63) is 91.0 Å². The molecule has 2 aromatic heterocycles. The predicted molar refractivity (Wildman–Crippen MR) is 104 cm³/mol. The summed E-state index contributed by atoms with van der Waals surface area (Å²) < 4.78 is 2.38. The number of hydrogen-bond acceptors (Lipinski definition) is 0. The molecule has 0 aliphatic heterocycles. The van der Waals surface area contributed by atoms with Gasteiger partial charge in [-0.1, -0.05) is 41.8 Å². The van der Waals surface area contributed by atoms with E-state index in [2.05, 4.69) is 77.2 Å². The van der Waals surface area contributed by atoms with Gasteiger partial charge in [-0.15, -0.1) is 17.5 Å². The van der Waals surface area contributed by atoms with Gasteiger partial charge in [-0.2, -0.15) is 42.0 Å². The summed E-state index contributed by atoms with van der Waals surface area (Å²) in [7, 11) is 0. The van der Waals surface area contributed by atoms with Crippen molar-refractivity contribution in [3.8, 4) is 11.1 Å². The van der Waals surface area contributed by atoms with Gasteiger partial charge in [0.15, 0.2) is 0 Å². The smallest absolute Gasteiger partial charge is 0.0463 e. The van der Waals surface area contributed by atoms with E-state index >= 15 is 0 Å². The summed E-state index contributed by atoms with van der Waals surface area (Å²) in [5, 5.41) is 5.07. The van der Waals surface area contributed by atoms with Crippen LogP contribution < -0.4 is 0 Å². The van der Waals surface area contributed by atoms with E-state index in [-0.39, 0.29) is 32.7 Å². The molecule has 2 heteroatoms. The normalized spacial score (nSPS) is 11.5. The summed E-state index contributed by atoms with van der Waals surface area (Å²) in [6.07, 6.45) is 0. The molecule has 0 N–H and O–H groups in total. The average Bonchev–Trinajstić information content (AvgIpc) is 3.20. The molecule has 0 saturated heterocycles. The zero-order chi connectivity index (χ0) is 16.4. The Bertz CT molecular complexity index is 1380. The number of rotatable bonds is 1.